The van der Waals surface area contributed by atoms with Crippen molar-refractivity contribution in [1.29, 1.82) is 0 Å². The van der Waals surface area contributed by atoms with Crippen LogP contribution < -0.4 is 10.6 Å². The second-order valence-electron chi connectivity index (χ2n) is 6.62. The van der Waals surface area contributed by atoms with E-state index in [1.807, 2.05) is 0 Å². The van der Waals surface area contributed by atoms with E-state index in [1.165, 1.54) is 15.6 Å². The van der Waals surface area contributed by atoms with Gasteiger partial charge in [0.15, 0.2) is 5.96 Å². The summed E-state index contributed by atoms with van der Waals surface area (Å²) in [5.41, 5.74) is 1.23. The summed E-state index contributed by atoms with van der Waals surface area (Å²) in [6.07, 6.45) is 5.19. The van der Waals surface area contributed by atoms with E-state index in [1.54, 1.807) is 18.4 Å². The number of ether oxygens (including phenoxy) is 2. The van der Waals surface area contributed by atoms with Gasteiger partial charge in [-0.15, -0.1) is 11.3 Å². The first-order valence-corrected chi connectivity index (χ1v) is 10.6. The molecule has 1 aliphatic rings. The van der Waals surface area contributed by atoms with Crippen molar-refractivity contribution in [3.8, 4) is 0 Å². The van der Waals surface area contributed by atoms with Gasteiger partial charge in [0, 0.05) is 57.9 Å². The van der Waals surface area contributed by atoms with E-state index in [0.29, 0.717) is 5.92 Å². The van der Waals surface area contributed by atoms with Gasteiger partial charge in [0.05, 0.1) is 10.7 Å². The highest BCUT2D eigenvalue weighted by Crippen LogP contribution is 2.18. The van der Waals surface area contributed by atoms with E-state index < -0.39 is 0 Å². The fourth-order valence-corrected chi connectivity index (χ4v) is 4.00. The Bertz CT molecular complexity index is 542. The smallest absolute Gasteiger partial charge is 0.190 e. The van der Waals surface area contributed by atoms with Gasteiger partial charge in [0.2, 0.25) is 0 Å². The largest absolute Gasteiger partial charge is 0.381 e. The number of aromatic nitrogens is 1. The number of hydrogen-bond acceptors (Lipinski definition) is 5. The summed E-state index contributed by atoms with van der Waals surface area (Å²) in [6, 6.07) is 0. The van der Waals surface area contributed by atoms with Crippen molar-refractivity contribution in [2.75, 3.05) is 46.6 Å². The zero-order valence-corrected chi connectivity index (χ0v) is 17.3. The maximum absolute atomic E-state index is 5.79. The van der Waals surface area contributed by atoms with Crippen molar-refractivity contribution in [2.24, 2.45) is 10.9 Å². The third kappa shape index (κ3) is 7.60. The number of nitrogens with zero attached hydrogens (tertiary/aromatic N) is 2. The standard InChI is InChI=1S/C19H34N4O2S/c1-4-17-15(2)26-18(23-17)6-10-22-19(20-3)21-9-5-11-25-14-16-7-12-24-13-8-16/h16H,4-14H2,1-3H3,(H2,20,21,22). The molecule has 1 saturated heterocycles. The Morgan fingerprint density at radius 2 is 2.08 bits per heavy atom. The Labute approximate surface area is 161 Å². The van der Waals surface area contributed by atoms with Crippen LogP contribution in [0.1, 0.15) is 41.8 Å². The number of guanidine groups is 1. The quantitative estimate of drug-likeness (QED) is 0.370. The van der Waals surface area contributed by atoms with Crippen LogP contribution in [0.2, 0.25) is 0 Å². The van der Waals surface area contributed by atoms with E-state index in [4.69, 9.17) is 9.47 Å². The van der Waals surface area contributed by atoms with Crippen molar-refractivity contribution in [3.05, 3.63) is 15.6 Å². The zero-order chi connectivity index (χ0) is 18.6. The van der Waals surface area contributed by atoms with Crippen LogP contribution in [0.25, 0.3) is 0 Å². The van der Waals surface area contributed by atoms with E-state index >= 15 is 0 Å². The Hall–Kier alpha value is -1.18. The molecule has 0 atom stereocenters. The molecule has 0 saturated carbocycles. The van der Waals surface area contributed by atoms with Gasteiger partial charge in [0.25, 0.3) is 0 Å². The molecule has 0 spiro atoms. The van der Waals surface area contributed by atoms with Crippen LogP contribution in [0.5, 0.6) is 0 Å². The number of thiazole rings is 1. The molecule has 6 nitrogen and oxygen atoms in total. The Morgan fingerprint density at radius 1 is 1.31 bits per heavy atom. The van der Waals surface area contributed by atoms with Gasteiger partial charge in [-0.05, 0) is 38.5 Å². The van der Waals surface area contributed by atoms with Gasteiger partial charge >= 0.3 is 0 Å². The van der Waals surface area contributed by atoms with E-state index in [2.05, 4.69) is 34.5 Å². The van der Waals surface area contributed by atoms with Gasteiger partial charge in [-0.25, -0.2) is 4.98 Å². The second-order valence-corrected chi connectivity index (χ2v) is 7.91. The molecular weight excluding hydrogens is 348 g/mol. The molecule has 0 bridgehead atoms. The third-order valence-electron chi connectivity index (χ3n) is 4.58. The summed E-state index contributed by atoms with van der Waals surface area (Å²) >= 11 is 1.80. The highest BCUT2D eigenvalue weighted by Gasteiger charge is 2.13. The fourth-order valence-electron chi connectivity index (χ4n) is 2.98. The molecular formula is C19H34N4O2S. The molecule has 1 fully saturated rings. The Kier molecular flexibility index (Phi) is 9.95. The third-order valence-corrected chi connectivity index (χ3v) is 5.65. The van der Waals surface area contributed by atoms with Crippen LogP contribution in [0, 0.1) is 12.8 Å². The zero-order valence-electron chi connectivity index (χ0n) is 16.5. The fraction of sp³-hybridized carbons (Fsp3) is 0.789. The van der Waals surface area contributed by atoms with E-state index in [-0.39, 0.29) is 0 Å². The Balaban J connectivity index is 1.51. The van der Waals surface area contributed by atoms with Crippen molar-refractivity contribution in [3.63, 3.8) is 0 Å². The topological polar surface area (TPSA) is 67.8 Å². The van der Waals surface area contributed by atoms with Gasteiger partial charge in [-0.1, -0.05) is 6.92 Å². The minimum Gasteiger partial charge on any atom is -0.381 e. The molecule has 2 heterocycles. The van der Waals surface area contributed by atoms with Crippen LogP contribution in [-0.2, 0) is 22.3 Å². The average molecular weight is 383 g/mol. The molecule has 148 valence electrons. The van der Waals surface area contributed by atoms with E-state index in [0.717, 1.165) is 77.6 Å². The number of aryl methyl sites for hydroxylation is 2. The molecule has 0 aliphatic carbocycles. The summed E-state index contributed by atoms with van der Waals surface area (Å²) in [4.78, 5) is 10.3. The molecule has 26 heavy (non-hydrogen) atoms. The number of nitrogens with one attached hydrogen (secondary N) is 2. The van der Waals surface area contributed by atoms with Crippen molar-refractivity contribution >= 4 is 17.3 Å². The van der Waals surface area contributed by atoms with Crippen LogP contribution >= 0.6 is 11.3 Å². The predicted octanol–water partition coefficient (Wildman–Crippen LogP) is 2.55. The van der Waals surface area contributed by atoms with Crippen LogP contribution in [0.15, 0.2) is 4.99 Å². The number of aliphatic imine (C=N–C) groups is 1. The first-order valence-electron chi connectivity index (χ1n) is 9.78. The summed E-state index contributed by atoms with van der Waals surface area (Å²) in [6.45, 7) is 9.44. The molecule has 1 aromatic rings. The maximum Gasteiger partial charge on any atom is 0.190 e. The van der Waals surface area contributed by atoms with Crippen molar-refractivity contribution in [1.82, 2.24) is 15.6 Å². The Morgan fingerprint density at radius 3 is 2.77 bits per heavy atom. The first-order chi connectivity index (χ1) is 12.7. The van der Waals surface area contributed by atoms with Gasteiger partial charge in [-0.2, -0.15) is 0 Å². The second kappa shape index (κ2) is 12.3. The monoisotopic (exact) mass is 382 g/mol. The minimum absolute atomic E-state index is 0.675. The lowest BCUT2D eigenvalue weighted by Gasteiger charge is -2.21. The molecule has 0 radical (unpaired) electrons. The predicted molar refractivity (Wildman–Crippen MR) is 108 cm³/mol. The van der Waals surface area contributed by atoms with Crippen LogP contribution in [-0.4, -0.2) is 57.5 Å². The summed E-state index contributed by atoms with van der Waals surface area (Å²) in [7, 11) is 1.81. The lowest BCUT2D eigenvalue weighted by atomic mass is 10.0. The number of hydrogen-bond donors (Lipinski definition) is 2. The molecule has 0 unspecified atom stereocenters. The molecule has 1 aromatic heterocycles. The lowest BCUT2D eigenvalue weighted by molar-refractivity contribution is 0.0203. The molecule has 7 heteroatoms. The average Bonchev–Trinajstić information content (AvgIpc) is 3.03. The van der Waals surface area contributed by atoms with Crippen LogP contribution in [0.3, 0.4) is 0 Å². The van der Waals surface area contributed by atoms with Crippen LogP contribution in [0.4, 0.5) is 0 Å². The SMILES string of the molecule is CCc1nc(CCNC(=NC)NCCCOCC2CCOCC2)sc1C. The molecule has 1 aliphatic heterocycles. The van der Waals surface area contributed by atoms with E-state index in [9.17, 15) is 0 Å². The van der Waals surface area contributed by atoms with Crippen molar-refractivity contribution in [2.45, 2.75) is 46.0 Å². The summed E-state index contributed by atoms with van der Waals surface area (Å²) in [5.74, 6) is 1.52. The summed E-state index contributed by atoms with van der Waals surface area (Å²) in [5, 5.41) is 7.90. The van der Waals surface area contributed by atoms with Crippen molar-refractivity contribution < 1.29 is 9.47 Å². The van der Waals surface area contributed by atoms with Gasteiger partial charge in [-0.3, -0.25) is 4.99 Å². The number of rotatable bonds is 10. The normalized spacial score (nSPS) is 16.0. The first kappa shape index (κ1) is 21.1. The minimum atomic E-state index is 0.675. The summed E-state index contributed by atoms with van der Waals surface area (Å²) < 4.78 is 11.2. The van der Waals surface area contributed by atoms with Gasteiger partial charge < -0.3 is 20.1 Å². The molecule has 2 rings (SSSR count). The molecule has 0 amide bonds. The highest BCUT2D eigenvalue weighted by atomic mass is 32.1. The molecule has 0 aromatic carbocycles. The lowest BCUT2D eigenvalue weighted by Crippen LogP contribution is -2.39. The maximum atomic E-state index is 5.79. The van der Waals surface area contributed by atoms with Gasteiger partial charge in [0.1, 0.15) is 0 Å². The molecule has 2 N–H and O–H groups in total. The highest BCUT2D eigenvalue weighted by molar-refractivity contribution is 7.11.